The highest BCUT2D eigenvalue weighted by molar-refractivity contribution is 5.81. The molecule has 0 amide bonds. The Morgan fingerprint density at radius 3 is 2.33 bits per heavy atom. The van der Waals surface area contributed by atoms with E-state index in [1.54, 1.807) is 7.11 Å². The Labute approximate surface area is 107 Å². The Morgan fingerprint density at radius 1 is 1.11 bits per heavy atom. The highest BCUT2D eigenvalue weighted by Gasteiger charge is 1.95. The third kappa shape index (κ3) is 3.17. The lowest BCUT2D eigenvalue weighted by Crippen LogP contribution is -2.30. The van der Waals surface area contributed by atoms with Gasteiger partial charge in [0.1, 0.15) is 12.3 Å². The van der Waals surface area contributed by atoms with E-state index in [1.807, 2.05) is 30.5 Å². The highest BCUT2D eigenvalue weighted by atomic mass is 16.5. The molecule has 0 spiro atoms. The van der Waals surface area contributed by atoms with Crippen molar-refractivity contribution in [2.24, 2.45) is 4.99 Å². The zero-order valence-corrected chi connectivity index (χ0v) is 10.7. The molecule has 1 aromatic carbocycles. The molecule has 0 radical (unpaired) electrons. The fraction of sp³-hybridized carbons (Fsp3) is 0.200. The van der Waals surface area contributed by atoms with Gasteiger partial charge in [0.2, 0.25) is 0 Å². The fourth-order valence-corrected chi connectivity index (χ4v) is 1.58. The number of ether oxygens (including phenoxy) is 1. The van der Waals surface area contributed by atoms with Crippen molar-refractivity contribution >= 4 is 11.9 Å². The maximum Gasteiger partial charge on any atom is 0.169 e. The van der Waals surface area contributed by atoms with Crippen molar-refractivity contribution in [3.8, 4) is 5.75 Å². The van der Waals surface area contributed by atoms with Crippen molar-refractivity contribution in [2.75, 3.05) is 7.11 Å². The average molecular weight is 241 g/mol. The van der Waals surface area contributed by atoms with E-state index < -0.39 is 0 Å². The van der Waals surface area contributed by atoms with Gasteiger partial charge >= 0.3 is 0 Å². The molecular formula is C15H17N2O+. The molecule has 1 heterocycles. The number of aromatic nitrogens is 1. The Kier molecular flexibility index (Phi) is 4.07. The fourth-order valence-electron chi connectivity index (χ4n) is 1.58. The molecule has 0 fully saturated rings. The number of nitrogens with zero attached hydrogens (tertiary/aromatic N) is 2. The van der Waals surface area contributed by atoms with Gasteiger partial charge in [-0.15, -0.1) is 0 Å². The maximum atomic E-state index is 5.10. The number of methoxy groups -OCH3 is 1. The first-order valence-electron chi connectivity index (χ1n) is 5.99. The lowest BCUT2D eigenvalue weighted by Gasteiger charge is -1.98. The number of benzene rings is 1. The quantitative estimate of drug-likeness (QED) is 0.597. The van der Waals surface area contributed by atoms with E-state index in [-0.39, 0.29) is 0 Å². The van der Waals surface area contributed by atoms with Crippen LogP contribution in [0.1, 0.15) is 12.5 Å². The topological polar surface area (TPSA) is 25.5 Å². The summed E-state index contributed by atoms with van der Waals surface area (Å²) in [5.74, 6) is 0.845. The van der Waals surface area contributed by atoms with Gasteiger partial charge in [-0.2, -0.15) is 0 Å². The lowest BCUT2D eigenvalue weighted by molar-refractivity contribution is -0.693. The zero-order valence-electron chi connectivity index (χ0n) is 10.7. The van der Waals surface area contributed by atoms with Gasteiger partial charge in [-0.25, -0.2) is 4.57 Å². The average Bonchev–Trinajstić information content (AvgIpc) is 2.46. The van der Waals surface area contributed by atoms with Crippen LogP contribution in [0, 0.1) is 0 Å². The molecular weight excluding hydrogens is 224 g/mol. The normalized spacial score (nSPS) is 10.8. The van der Waals surface area contributed by atoms with E-state index in [4.69, 9.17) is 4.74 Å². The first-order chi connectivity index (χ1) is 8.81. The zero-order chi connectivity index (χ0) is 12.8. The van der Waals surface area contributed by atoms with Crippen LogP contribution in [0.15, 0.2) is 53.8 Å². The molecule has 0 aliphatic carbocycles. The smallest absolute Gasteiger partial charge is 0.169 e. The van der Waals surface area contributed by atoms with E-state index in [9.17, 15) is 0 Å². The van der Waals surface area contributed by atoms with Crippen LogP contribution in [-0.4, -0.2) is 13.3 Å². The summed E-state index contributed by atoms with van der Waals surface area (Å²) in [5.41, 5.74) is 2.01. The Bertz CT molecular complexity index is 466. The maximum absolute atomic E-state index is 5.10. The number of pyridine rings is 1. The summed E-state index contributed by atoms with van der Waals surface area (Å²) >= 11 is 0. The molecule has 0 aliphatic rings. The summed E-state index contributed by atoms with van der Waals surface area (Å²) in [7, 11) is 1.66. The van der Waals surface area contributed by atoms with Crippen molar-refractivity contribution in [2.45, 2.75) is 13.5 Å². The minimum absolute atomic E-state index is 0.845. The summed E-state index contributed by atoms with van der Waals surface area (Å²) in [4.78, 5) is 4.42. The Morgan fingerprint density at radius 2 is 1.78 bits per heavy atom. The highest BCUT2D eigenvalue weighted by Crippen LogP contribution is 2.17. The first kappa shape index (κ1) is 12.3. The minimum Gasteiger partial charge on any atom is -0.497 e. The molecule has 0 saturated heterocycles. The standard InChI is InChI=1S/C15H17N2O/c1-3-17-10-8-13(9-11-17)12-16-14-4-6-15(18-2)7-5-14/h4-12H,3H2,1-2H3/q+1. The second kappa shape index (κ2) is 5.96. The number of aliphatic imine (C=N–C) groups is 1. The van der Waals surface area contributed by atoms with Crippen LogP contribution < -0.4 is 9.30 Å². The molecule has 3 nitrogen and oxygen atoms in total. The van der Waals surface area contributed by atoms with Crippen LogP contribution in [-0.2, 0) is 6.54 Å². The number of hydrogen-bond donors (Lipinski definition) is 0. The van der Waals surface area contributed by atoms with Crippen LogP contribution in [0.3, 0.4) is 0 Å². The van der Waals surface area contributed by atoms with Crippen LogP contribution >= 0.6 is 0 Å². The molecule has 0 N–H and O–H groups in total. The van der Waals surface area contributed by atoms with E-state index in [0.717, 1.165) is 23.5 Å². The van der Waals surface area contributed by atoms with Crippen molar-refractivity contribution < 1.29 is 9.30 Å². The van der Waals surface area contributed by atoms with Crippen molar-refractivity contribution in [3.63, 3.8) is 0 Å². The van der Waals surface area contributed by atoms with E-state index >= 15 is 0 Å². The van der Waals surface area contributed by atoms with Gasteiger partial charge in [-0.3, -0.25) is 4.99 Å². The third-order valence-corrected chi connectivity index (χ3v) is 2.72. The van der Waals surface area contributed by atoms with Crippen LogP contribution in [0.2, 0.25) is 0 Å². The van der Waals surface area contributed by atoms with Gasteiger partial charge in [0.15, 0.2) is 12.4 Å². The summed E-state index contributed by atoms with van der Waals surface area (Å²) in [5, 5.41) is 0. The van der Waals surface area contributed by atoms with Gasteiger partial charge in [0, 0.05) is 23.9 Å². The van der Waals surface area contributed by atoms with Crippen LogP contribution in [0.4, 0.5) is 5.69 Å². The molecule has 0 aliphatic heterocycles. The molecule has 3 heteroatoms. The molecule has 0 bridgehead atoms. The minimum atomic E-state index is 0.845. The van der Waals surface area contributed by atoms with Gasteiger partial charge in [0.05, 0.1) is 12.8 Å². The summed E-state index contributed by atoms with van der Waals surface area (Å²) in [6, 6.07) is 11.8. The third-order valence-electron chi connectivity index (χ3n) is 2.72. The first-order valence-corrected chi connectivity index (χ1v) is 5.99. The SMILES string of the molecule is CC[n+]1ccc(C=Nc2ccc(OC)cc2)cc1. The van der Waals surface area contributed by atoms with Gasteiger partial charge in [-0.05, 0) is 31.2 Å². The van der Waals surface area contributed by atoms with Gasteiger partial charge < -0.3 is 4.74 Å². The molecule has 92 valence electrons. The molecule has 0 atom stereocenters. The van der Waals surface area contributed by atoms with E-state index in [1.165, 1.54) is 0 Å². The molecule has 18 heavy (non-hydrogen) atoms. The molecule has 1 aromatic heterocycles. The second-order valence-electron chi connectivity index (χ2n) is 3.92. The second-order valence-corrected chi connectivity index (χ2v) is 3.92. The van der Waals surface area contributed by atoms with Crippen LogP contribution in [0.25, 0.3) is 0 Å². The van der Waals surface area contributed by atoms with Gasteiger partial charge in [0.25, 0.3) is 0 Å². The number of rotatable bonds is 4. The van der Waals surface area contributed by atoms with Crippen LogP contribution in [0.5, 0.6) is 5.75 Å². The Hall–Kier alpha value is -2.16. The number of hydrogen-bond acceptors (Lipinski definition) is 2. The molecule has 2 aromatic rings. The number of aryl methyl sites for hydroxylation is 1. The lowest BCUT2D eigenvalue weighted by atomic mass is 10.3. The van der Waals surface area contributed by atoms with Crippen molar-refractivity contribution in [1.29, 1.82) is 0 Å². The van der Waals surface area contributed by atoms with Gasteiger partial charge in [-0.1, -0.05) is 0 Å². The summed E-state index contributed by atoms with van der Waals surface area (Å²) < 4.78 is 7.22. The predicted octanol–water partition coefficient (Wildman–Crippen LogP) is 2.75. The van der Waals surface area contributed by atoms with Crippen molar-refractivity contribution in [1.82, 2.24) is 0 Å². The monoisotopic (exact) mass is 241 g/mol. The molecule has 2 rings (SSSR count). The summed E-state index contributed by atoms with van der Waals surface area (Å²) in [6.45, 7) is 3.10. The van der Waals surface area contributed by atoms with E-state index in [2.05, 4.69) is 41.0 Å². The molecule has 0 unspecified atom stereocenters. The predicted molar refractivity (Wildman–Crippen MR) is 72.6 cm³/mol. The largest absolute Gasteiger partial charge is 0.497 e. The Balaban J connectivity index is 2.08. The summed E-state index contributed by atoms with van der Waals surface area (Å²) in [6.07, 6.45) is 5.96. The van der Waals surface area contributed by atoms with E-state index in [0.29, 0.717) is 0 Å². The molecule has 0 saturated carbocycles. The van der Waals surface area contributed by atoms with Crippen molar-refractivity contribution in [3.05, 3.63) is 54.4 Å².